The molecule has 1 aromatic carbocycles. The van der Waals surface area contributed by atoms with E-state index >= 15 is 0 Å². The van der Waals surface area contributed by atoms with Crippen molar-refractivity contribution < 1.29 is 9.53 Å². The molecule has 6 heteroatoms. The fourth-order valence-corrected chi connectivity index (χ4v) is 3.17. The van der Waals surface area contributed by atoms with Crippen molar-refractivity contribution in [1.29, 1.82) is 0 Å². The summed E-state index contributed by atoms with van der Waals surface area (Å²) in [6.45, 7) is 7.28. The van der Waals surface area contributed by atoms with E-state index in [1.165, 1.54) is 0 Å². The zero-order valence-corrected chi connectivity index (χ0v) is 16.3. The number of piperazine rings is 1. The molecule has 6 nitrogen and oxygen atoms in total. The van der Waals surface area contributed by atoms with Gasteiger partial charge in [-0.1, -0.05) is 6.92 Å². The van der Waals surface area contributed by atoms with Crippen LogP contribution in [0.2, 0.25) is 0 Å². The Labute approximate surface area is 161 Å². The van der Waals surface area contributed by atoms with Crippen molar-refractivity contribution in [1.82, 2.24) is 9.88 Å². The number of amides is 1. The molecule has 1 atom stereocenters. The van der Waals surface area contributed by atoms with Gasteiger partial charge in [0.15, 0.2) is 0 Å². The van der Waals surface area contributed by atoms with Gasteiger partial charge in [-0.2, -0.15) is 0 Å². The summed E-state index contributed by atoms with van der Waals surface area (Å²) in [7, 11) is 1.67. The minimum absolute atomic E-state index is 0.0460. The van der Waals surface area contributed by atoms with E-state index in [9.17, 15) is 4.79 Å². The smallest absolute Gasteiger partial charge is 0.255 e. The lowest BCUT2D eigenvalue weighted by atomic mass is 10.2. The first kappa shape index (κ1) is 19.0. The maximum absolute atomic E-state index is 12.9. The van der Waals surface area contributed by atoms with Crippen LogP contribution in [0.5, 0.6) is 5.75 Å². The van der Waals surface area contributed by atoms with Gasteiger partial charge in [0.25, 0.3) is 5.91 Å². The van der Waals surface area contributed by atoms with Crippen LogP contribution in [0.15, 0.2) is 42.7 Å². The first-order chi connectivity index (χ1) is 13.1. The number of nitrogens with zero attached hydrogens (tertiary/aromatic N) is 3. The molecular formula is C21H28N4O2. The van der Waals surface area contributed by atoms with Gasteiger partial charge in [0.2, 0.25) is 0 Å². The van der Waals surface area contributed by atoms with Gasteiger partial charge in [-0.15, -0.1) is 0 Å². The normalized spacial score (nSPS) is 15.4. The first-order valence-electron chi connectivity index (χ1n) is 9.50. The highest BCUT2D eigenvalue weighted by Gasteiger charge is 2.23. The van der Waals surface area contributed by atoms with Crippen LogP contribution < -0.4 is 15.0 Å². The first-order valence-corrected chi connectivity index (χ1v) is 9.50. The second-order valence-corrected chi connectivity index (χ2v) is 6.89. The molecule has 27 heavy (non-hydrogen) atoms. The molecule has 1 aliphatic rings. The van der Waals surface area contributed by atoms with Crippen LogP contribution in [0, 0.1) is 0 Å². The summed E-state index contributed by atoms with van der Waals surface area (Å²) in [4.78, 5) is 21.3. The van der Waals surface area contributed by atoms with E-state index in [0.717, 1.165) is 36.6 Å². The average molecular weight is 368 g/mol. The SMILES string of the molecule is CCC(C)Nc1cncc(C(=O)N2CCN(c3ccc(OC)cc3)CC2)c1. The Balaban J connectivity index is 1.60. The molecule has 3 rings (SSSR count). The van der Waals surface area contributed by atoms with Crippen LogP contribution >= 0.6 is 0 Å². The summed E-state index contributed by atoms with van der Waals surface area (Å²) in [6.07, 6.45) is 4.44. The van der Waals surface area contributed by atoms with Crippen LogP contribution in [0.25, 0.3) is 0 Å². The summed E-state index contributed by atoms with van der Waals surface area (Å²) in [5.41, 5.74) is 2.69. The molecule has 1 amide bonds. The molecule has 1 aliphatic heterocycles. The summed E-state index contributed by atoms with van der Waals surface area (Å²) in [5, 5.41) is 3.38. The summed E-state index contributed by atoms with van der Waals surface area (Å²) in [5.74, 6) is 0.899. The molecule has 144 valence electrons. The lowest BCUT2D eigenvalue weighted by molar-refractivity contribution is 0.0746. The molecular weight excluding hydrogens is 340 g/mol. The number of methoxy groups -OCH3 is 1. The molecule has 1 N–H and O–H groups in total. The largest absolute Gasteiger partial charge is 0.497 e. The predicted molar refractivity (Wildman–Crippen MR) is 109 cm³/mol. The van der Waals surface area contributed by atoms with Crippen LogP contribution in [-0.4, -0.2) is 55.1 Å². The average Bonchev–Trinajstić information content (AvgIpc) is 2.73. The number of carbonyl (C=O) groups excluding carboxylic acids is 1. The van der Waals surface area contributed by atoms with Crippen LogP contribution in [0.4, 0.5) is 11.4 Å². The van der Waals surface area contributed by atoms with Crippen molar-refractivity contribution in [3.05, 3.63) is 48.3 Å². The Morgan fingerprint density at radius 3 is 2.52 bits per heavy atom. The summed E-state index contributed by atoms with van der Waals surface area (Å²) in [6, 6.07) is 10.3. The topological polar surface area (TPSA) is 57.7 Å². The highest BCUT2D eigenvalue weighted by molar-refractivity contribution is 5.95. The number of benzene rings is 1. The van der Waals surface area contributed by atoms with E-state index in [-0.39, 0.29) is 5.91 Å². The van der Waals surface area contributed by atoms with Gasteiger partial charge >= 0.3 is 0 Å². The van der Waals surface area contributed by atoms with Gasteiger partial charge in [0.1, 0.15) is 5.75 Å². The molecule has 0 radical (unpaired) electrons. The van der Waals surface area contributed by atoms with Gasteiger partial charge in [-0.3, -0.25) is 9.78 Å². The number of carbonyl (C=O) groups is 1. The Hall–Kier alpha value is -2.76. The van der Waals surface area contributed by atoms with E-state index in [1.54, 1.807) is 19.5 Å². The minimum Gasteiger partial charge on any atom is -0.497 e. The molecule has 2 heterocycles. The standard InChI is InChI=1S/C21H28N4O2/c1-4-16(2)23-18-13-17(14-22-15-18)21(26)25-11-9-24(10-12-25)19-5-7-20(27-3)8-6-19/h5-8,13-16,23H,4,9-12H2,1-3H3. The van der Waals surface area contributed by atoms with Crippen molar-refractivity contribution in [2.75, 3.05) is 43.5 Å². The maximum Gasteiger partial charge on any atom is 0.255 e. The maximum atomic E-state index is 12.9. The zero-order valence-electron chi connectivity index (χ0n) is 16.3. The molecule has 1 fully saturated rings. The van der Waals surface area contributed by atoms with Crippen LogP contribution in [-0.2, 0) is 0 Å². The molecule has 0 aliphatic carbocycles. The highest BCUT2D eigenvalue weighted by Crippen LogP contribution is 2.21. The lowest BCUT2D eigenvalue weighted by Crippen LogP contribution is -2.48. The Morgan fingerprint density at radius 1 is 1.19 bits per heavy atom. The van der Waals surface area contributed by atoms with E-state index in [4.69, 9.17) is 4.74 Å². The number of aromatic nitrogens is 1. The number of rotatable bonds is 6. The van der Waals surface area contributed by atoms with Gasteiger partial charge in [-0.05, 0) is 43.7 Å². The third kappa shape index (κ3) is 4.70. The molecule has 0 spiro atoms. The van der Waals surface area contributed by atoms with Crippen LogP contribution in [0.1, 0.15) is 30.6 Å². The van der Waals surface area contributed by atoms with Gasteiger partial charge in [0.05, 0.1) is 18.4 Å². The van der Waals surface area contributed by atoms with E-state index in [0.29, 0.717) is 24.7 Å². The van der Waals surface area contributed by atoms with Crippen LogP contribution in [0.3, 0.4) is 0 Å². The van der Waals surface area contributed by atoms with E-state index in [2.05, 4.69) is 41.2 Å². The number of anilines is 2. The fourth-order valence-electron chi connectivity index (χ4n) is 3.17. The second kappa shape index (κ2) is 8.75. The number of hydrogen-bond acceptors (Lipinski definition) is 5. The molecule has 1 unspecified atom stereocenters. The van der Waals surface area contributed by atoms with E-state index < -0.39 is 0 Å². The summed E-state index contributed by atoms with van der Waals surface area (Å²) < 4.78 is 5.21. The van der Waals surface area contributed by atoms with Crippen molar-refractivity contribution >= 4 is 17.3 Å². The monoisotopic (exact) mass is 368 g/mol. The Kier molecular flexibility index (Phi) is 6.16. The molecule has 1 saturated heterocycles. The zero-order chi connectivity index (χ0) is 19.2. The molecule has 2 aromatic rings. The van der Waals surface area contributed by atoms with Gasteiger partial charge in [-0.25, -0.2) is 0 Å². The fraction of sp³-hybridized carbons (Fsp3) is 0.429. The number of hydrogen-bond donors (Lipinski definition) is 1. The van der Waals surface area contributed by atoms with E-state index in [1.807, 2.05) is 23.1 Å². The number of pyridine rings is 1. The molecule has 0 saturated carbocycles. The lowest BCUT2D eigenvalue weighted by Gasteiger charge is -2.36. The summed E-state index contributed by atoms with van der Waals surface area (Å²) >= 11 is 0. The quantitative estimate of drug-likeness (QED) is 0.848. The predicted octanol–water partition coefficient (Wildman–Crippen LogP) is 3.26. The van der Waals surface area contributed by atoms with Gasteiger partial charge in [0, 0.05) is 50.3 Å². The Morgan fingerprint density at radius 2 is 1.89 bits per heavy atom. The third-order valence-corrected chi connectivity index (χ3v) is 5.02. The van der Waals surface area contributed by atoms with Crippen molar-refractivity contribution in [2.45, 2.75) is 26.3 Å². The molecule has 0 bridgehead atoms. The molecule has 1 aromatic heterocycles. The third-order valence-electron chi connectivity index (χ3n) is 5.02. The van der Waals surface area contributed by atoms with Crippen molar-refractivity contribution in [2.24, 2.45) is 0 Å². The van der Waals surface area contributed by atoms with Crippen molar-refractivity contribution in [3.63, 3.8) is 0 Å². The van der Waals surface area contributed by atoms with Gasteiger partial charge < -0.3 is 19.9 Å². The van der Waals surface area contributed by atoms with Crippen molar-refractivity contribution in [3.8, 4) is 5.75 Å². The second-order valence-electron chi connectivity index (χ2n) is 6.89. The number of ether oxygens (including phenoxy) is 1. The highest BCUT2D eigenvalue weighted by atomic mass is 16.5. The minimum atomic E-state index is 0.0460. The number of nitrogens with one attached hydrogen (secondary N) is 1. The Bertz CT molecular complexity index is 755.